The Bertz CT molecular complexity index is 443. The molecule has 1 amide bonds. The summed E-state index contributed by atoms with van der Waals surface area (Å²) in [5, 5.41) is 2.98. The fourth-order valence-corrected chi connectivity index (χ4v) is 3.05. The van der Waals surface area contributed by atoms with Gasteiger partial charge < -0.3 is 10.1 Å². The molecule has 2 atom stereocenters. The van der Waals surface area contributed by atoms with Crippen LogP contribution in [0, 0.1) is 6.92 Å². The van der Waals surface area contributed by atoms with Crippen molar-refractivity contribution in [3.05, 3.63) is 16.1 Å². The molecule has 0 unspecified atom stereocenters. The Labute approximate surface area is 124 Å². The zero-order valence-corrected chi connectivity index (χ0v) is 13.2. The molecule has 0 bridgehead atoms. The summed E-state index contributed by atoms with van der Waals surface area (Å²) in [6.07, 6.45) is 2.34. The number of ether oxygens (including phenoxy) is 1. The molecule has 1 aromatic rings. The van der Waals surface area contributed by atoms with Crippen LogP contribution >= 0.6 is 11.3 Å². The first-order valence-corrected chi connectivity index (χ1v) is 7.94. The van der Waals surface area contributed by atoms with Crippen LogP contribution < -0.4 is 5.32 Å². The first kappa shape index (κ1) is 15.4. The van der Waals surface area contributed by atoms with Crippen molar-refractivity contribution in [3.8, 4) is 0 Å². The first-order valence-electron chi connectivity index (χ1n) is 7.06. The monoisotopic (exact) mass is 297 g/mol. The fraction of sp³-hybridized carbons (Fsp3) is 0.714. The van der Waals surface area contributed by atoms with Crippen LogP contribution in [-0.2, 0) is 16.1 Å². The minimum absolute atomic E-state index is 0.0603. The lowest BCUT2D eigenvalue weighted by atomic mass is 10.2. The van der Waals surface area contributed by atoms with Crippen molar-refractivity contribution < 1.29 is 9.53 Å². The van der Waals surface area contributed by atoms with Gasteiger partial charge in [0.2, 0.25) is 5.91 Å². The molecule has 20 heavy (non-hydrogen) atoms. The molecule has 0 aromatic carbocycles. The van der Waals surface area contributed by atoms with E-state index in [1.807, 2.05) is 31.3 Å². The number of likely N-dealkylation sites (N-methyl/N-ethyl adjacent to an activating group) is 1. The molecule has 1 aliphatic rings. The van der Waals surface area contributed by atoms with E-state index < -0.39 is 0 Å². The predicted molar refractivity (Wildman–Crippen MR) is 79.8 cm³/mol. The molecule has 0 radical (unpaired) electrons. The summed E-state index contributed by atoms with van der Waals surface area (Å²) in [5.74, 6) is 0.0603. The number of carbonyl (C=O) groups excluding carboxylic acids is 1. The number of aromatic nitrogens is 1. The van der Waals surface area contributed by atoms with Crippen molar-refractivity contribution in [2.45, 2.75) is 45.4 Å². The third-order valence-electron chi connectivity index (χ3n) is 3.81. The van der Waals surface area contributed by atoms with Crippen LogP contribution in [0.1, 0.15) is 30.3 Å². The molecule has 5 nitrogen and oxygen atoms in total. The van der Waals surface area contributed by atoms with Gasteiger partial charge in [0.1, 0.15) is 0 Å². The lowest BCUT2D eigenvalue weighted by Crippen LogP contribution is -2.45. The number of rotatable bonds is 6. The van der Waals surface area contributed by atoms with Gasteiger partial charge in [0, 0.05) is 24.6 Å². The second-order valence-electron chi connectivity index (χ2n) is 5.33. The van der Waals surface area contributed by atoms with Crippen molar-refractivity contribution in [2.24, 2.45) is 0 Å². The van der Waals surface area contributed by atoms with Gasteiger partial charge in [0.25, 0.3) is 0 Å². The zero-order valence-electron chi connectivity index (χ0n) is 12.4. The molecule has 0 aliphatic carbocycles. The quantitative estimate of drug-likeness (QED) is 0.866. The topological polar surface area (TPSA) is 54.5 Å². The van der Waals surface area contributed by atoms with Gasteiger partial charge in [-0.3, -0.25) is 9.69 Å². The number of thiazole rings is 1. The van der Waals surface area contributed by atoms with Crippen LogP contribution in [0.5, 0.6) is 0 Å². The Balaban J connectivity index is 1.78. The highest BCUT2D eigenvalue weighted by molar-refractivity contribution is 7.09. The molecule has 0 saturated carbocycles. The summed E-state index contributed by atoms with van der Waals surface area (Å²) in [4.78, 5) is 19.6. The van der Waals surface area contributed by atoms with Crippen molar-refractivity contribution in [3.63, 3.8) is 0 Å². The second-order valence-corrected chi connectivity index (χ2v) is 6.27. The third kappa shape index (κ3) is 4.01. The van der Waals surface area contributed by atoms with Crippen LogP contribution in [-0.4, -0.2) is 48.1 Å². The summed E-state index contributed by atoms with van der Waals surface area (Å²) in [7, 11) is 1.97. The number of aryl methyl sites for hydroxylation is 1. The summed E-state index contributed by atoms with van der Waals surface area (Å²) in [5.41, 5.74) is 2.90. The molecule has 1 aromatic heterocycles. The van der Waals surface area contributed by atoms with Gasteiger partial charge in [-0.05, 0) is 33.7 Å². The average molecular weight is 297 g/mol. The number of hydrogen-bond donors (Lipinski definition) is 1. The minimum atomic E-state index is -0.155. The van der Waals surface area contributed by atoms with Crippen LogP contribution in [0.2, 0.25) is 0 Å². The van der Waals surface area contributed by atoms with Crippen molar-refractivity contribution >= 4 is 17.2 Å². The molecule has 2 rings (SSSR count). The van der Waals surface area contributed by atoms with Gasteiger partial charge >= 0.3 is 0 Å². The minimum Gasteiger partial charge on any atom is -0.376 e. The number of nitrogens with zero attached hydrogens (tertiary/aromatic N) is 2. The predicted octanol–water partition coefficient (Wildman–Crippen LogP) is 1.57. The Morgan fingerprint density at radius 2 is 2.50 bits per heavy atom. The van der Waals surface area contributed by atoms with E-state index in [0.29, 0.717) is 6.54 Å². The molecule has 1 saturated heterocycles. The van der Waals surface area contributed by atoms with Crippen LogP contribution in [0.25, 0.3) is 0 Å². The van der Waals surface area contributed by atoms with Crippen LogP contribution in [0.4, 0.5) is 0 Å². The highest BCUT2D eigenvalue weighted by Gasteiger charge is 2.21. The molecular weight excluding hydrogens is 274 g/mol. The van der Waals surface area contributed by atoms with Crippen LogP contribution in [0.3, 0.4) is 0 Å². The van der Waals surface area contributed by atoms with E-state index >= 15 is 0 Å². The highest BCUT2D eigenvalue weighted by atomic mass is 32.1. The van der Waals surface area contributed by atoms with E-state index in [-0.39, 0.29) is 18.1 Å². The van der Waals surface area contributed by atoms with Gasteiger partial charge in [-0.25, -0.2) is 4.98 Å². The van der Waals surface area contributed by atoms with Crippen molar-refractivity contribution in [1.29, 1.82) is 0 Å². The summed E-state index contributed by atoms with van der Waals surface area (Å²) >= 11 is 1.64. The van der Waals surface area contributed by atoms with Gasteiger partial charge in [-0.2, -0.15) is 0 Å². The lowest BCUT2D eigenvalue weighted by molar-refractivity contribution is -0.126. The molecule has 1 aliphatic heterocycles. The summed E-state index contributed by atoms with van der Waals surface area (Å²) < 4.78 is 5.51. The number of amides is 1. The largest absolute Gasteiger partial charge is 0.376 e. The molecule has 0 spiro atoms. The smallest absolute Gasteiger partial charge is 0.237 e. The van der Waals surface area contributed by atoms with E-state index in [1.165, 1.54) is 4.88 Å². The summed E-state index contributed by atoms with van der Waals surface area (Å²) in [6, 6.07) is -0.155. The Hall–Kier alpha value is -0.980. The van der Waals surface area contributed by atoms with Gasteiger partial charge in [-0.1, -0.05) is 0 Å². The number of hydrogen-bond acceptors (Lipinski definition) is 5. The summed E-state index contributed by atoms with van der Waals surface area (Å²) in [6.45, 7) is 6.13. The maximum Gasteiger partial charge on any atom is 0.237 e. The van der Waals surface area contributed by atoms with E-state index in [1.54, 1.807) is 11.3 Å². The fourth-order valence-electron chi connectivity index (χ4n) is 2.21. The Kier molecular flexibility index (Phi) is 5.51. The standard InChI is InChI=1S/C14H23N3O2S/c1-10-13(20-9-16-10)8-17(3)11(2)14(18)15-7-12-5-4-6-19-12/h9,11-12H,4-8H2,1-3H3,(H,15,18)/t11-,12-/m1/s1. The number of carbonyl (C=O) groups is 1. The van der Waals surface area contributed by atoms with Gasteiger partial charge in [-0.15, -0.1) is 11.3 Å². The maximum atomic E-state index is 12.1. The molecule has 2 heterocycles. The van der Waals surface area contributed by atoms with Crippen molar-refractivity contribution in [2.75, 3.05) is 20.2 Å². The number of nitrogens with one attached hydrogen (secondary N) is 1. The lowest BCUT2D eigenvalue weighted by Gasteiger charge is -2.24. The van der Waals surface area contributed by atoms with E-state index in [0.717, 1.165) is 31.7 Å². The molecule has 1 N–H and O–H groups in total. The van der Waals surface area contributed by atoms with Crippen molar-refractivity contribution in [1.82, 2.24) is 15.2 Å². The SMILES string of the molecule is Cc1ncsc1CN(C)[C@H](C)C(=O)NC[C@H]1CCCO1. The normalized spacial score (nSPS) is 20.3. The molecular formula is C14H23N3O2S. The molecule has 1 fully saturated rings. The first-order chi connectivity index (χ1) is 9.58. The third-order valence-corrected chi connectivity index (χ3v) is 4.73. The van der Waals surface area contributed by atoms with E-state index in [4.69, 9.17) is 4.74 Å². The van der Waals surface area contributed by atoms with Crippen LogP contribution in [0.15, 0.2) is 5.51 Å². The average Bonchev–Trinajstić information content (AvgIpc) is 3.07. The highest BCUT2D eigenvalue weighted by Crippen LogP contribution is 2.15. The Morgan fingerprint density at radius 3 is 3.10 bits per heavy atom. The van der Waals surface area contributed by atoms with E-state index in [2.05, 4.69) is 10.3 Å². The second kappa shape index (κ2) is 7.15. The van der Waals surface area contributed by atoms with E-state index in [9.17, 15) is 4.79 Å². The van der Waals surface area contributed by atoms with Gasteiger partial charge in [0.15, 0.2) is 0 Å². The molecule has 112 valence electrons. The molecule has 6 heteroatoms. The Morgan fingerprint density at radius 1 is 1.70 bits per heavy atom. The maximum absolute atomic E-state index is 12.1. The van der Waals surface area contributed by atoms with Gasteiger partial charge in [0.05, 0.1) is 23.4 Å². The zero-order chi connectivity index (χ0) is 14.5.